The molecule has 2 aromatic rings. The molecule has 0 aliphatic carbocycles. The van der Waals surface area contributed by atoms with Gasteiger partial charge in [-0.25, -0.2) is 4.79 Å². The number of hydrogen-bond donors (Lipinski definition) is 0. The fourth-order valence-electron chi connectivity index (χ4n) is 1.91. The molecule has 0 amide bonds. The van der Waals surface area contributed by atoms with Gasteiger partial charge in [-0.3, -0.25) is 0 Å². The lowest BCUT2D eigenvalue weighted by Crippen LogP contribution is -2.03. The van der Waals surface area contributed by atoms with Crippen LogP contribution >= 0.6 is 27.5 Å². The second-order valence-electron chi connectivity index (χ2n) is 4.67. The summed E-state index contributed by atoms with van der Waals surface area (Å²) in [5.41, 5.74) is 1.76. The van der Waals surface area contributed by atoms with Gasteiger partial charge in [-0.05, 0) is 52.7 Å². The molecule has 3 nitrogen and oxygen atoms in total. The van der Waals surface area contributed by atoms with Crippen molar-refractivity contribution in [3.63, 3.8) is 0 Å². The van der Waals surface area contributed by atoms with E-state index in [0.29, 0.717) is 28.5 Å². The first kappa shape index (κ1) is 17.6. The van der Waals surface area contributed by atoms with Gasteiger partial charge in [0, 0.05) is 10.6 Å². The van der Waals surface area contributed by atoms with Gasteiger partial charge in [0.2, 0.25) is 0 Å². The number of halogens is 2. The van der Waals surface area contributed by atoms with Gasteiger partial charge in [0.15, 0.2) is 0 Å². The Morgan fingerprint density at radius 2 is 2.00 bits per heavy atom. The highest BCUT2D eigenvalue weighted by atomic mass is 79.9. The second kappa shape index (κ2) is 8.75. The normalized spacial score (nSPS) is 11.2. The first-order valence-electron chi connectivity index (χ1n) is 7.10. The maximum Gasteiger partial charge on any atom is 0.345 e. The van der Waals surface area contributed by atoms with Gasteiger partial charge in [-0.2, -0.15) is 0 Å². The molecule has 0 fully saturated rings. The molecule has 0 aliphatic heterocycles. The Morgan fingerprint density at radius 1 is 1.22 bits per heavy atom. The van der Waals surface area contributed by atoms with Crippen molar-refractivity contribution in [2.75, 3.05) is 6.61 Å². The van der Waals surface area contributed by atoms with Crippen LogP contribution in [0.25, 0.3) is 6.08 Å². The van der Waals surface area contributed by atoms with Crippen LogP contribution in [0.1, 0.15) is 18.1 Å². The quantitative estimate of drug-likeness (QED) is 0.497. The number of benzene rings is 2. The molecule has 0 N–H and O–H groups in total. The highest BCUT2D eigenvalue weighted by Crippen LogP contribution is 2.24. The lowest BCUT2D eigenvalue weighted by Gasteiger charge is -2.10. The monoisotopic (exact) mass is 394 g/mol. The fraction of sp³-hybridized carbons (Fsp3) is 0.167. The van der Waals surface area contributed by atoms with Crippen LogP contribution in [0, 0.1) is 0 Å². The lowest BCUT2D eigenvalue weighted by molar-refractivity contribution is -0.137. The van der Waals surface area contributed by atoms with Crippen LogP contribution in [-0.2, 0) is 16.1 Å². The van der Waals surface area contributed by atoms with E-state index in [4.69, 9.17) is 21.1 Å². The van der Waals surface area contributed by atoms with Gasteiger partial charge in [0.25, 0.3) is 0 Å². The van der Waals surface area contributed by atoms with Crippen LogP contribution in [0.15, 0.2) is 53.0 Å². The SMILES string of the molecule is CCOC(=O)/C(Br)=C/c1ccccc1OCc1cccc(Cl)c1. The number of ether oxygens (including phenoxy) is 2. The summed E-state index contributed by atoms with van der Waals surface area (Å²) >= 11 is 9.20. The van der Waals surface area contributed by atoms with Crippen molar-refractivity contribution in [1.82, 2.24) is 0 Å². The summed E-state index contributed by atoms with van der Waals surface area (Å²) in [7, 11) is 0. The molecule has 0 atom stereocenters. The third kappa shape index (κ3) is 5.41. The number of hydrogen-bond acceptors (Lipinski definition) is 3. The van der Waals surface area contributed by atoms with E-state index in [9.17, 15) is 4.79 Å². The molecule has 0 saturated heterocycles. The molecule has 0 spiro atoms. The number of esters is 1. The van der Waals surface area contributed by atoms with Gasteiger partial charge >= 0.3 is 5.97 Å². The first-order valence-corrected chi connectivity index (χ1v) is 8.28. The Kier molecular flexibility index (Phi) is 6.68. The van der Waals surface area contributed by atoms with Crippen LogP contribution < -0.4 is 4.74 Å². The Labute approximate surface area is 149 Å². The third-order valence-electron chi connectivity index (χ3n) is 2.96. The summed E-state index contributed by atoms with van der Waals surface area (Å²) in [5, 5.41) is 0.671. The maximum absolute atomic E-state index is 11.7. The van der Waals surface area contributed by atoms with Gasteiger partial charge in [0.1, 0.15) is 16.8 Å². The van der Waals surface area contributed by atoms with E-state index < -0.39 is 5.97 Å². The molecule has 0 aliphatic rings. The molecule has 0 heterocycles. The molecule has 0 saturated carbocycles. The molecule has 120 valence electrons. The van der Waals surface area contributed by atoms with Gasteiger partial charge in [-0.15, -0.1) is 0 Å². The Hall–Kier alpha value is -1.78. The van der Waals surface area contributed by atoms with Gasteiger partial charge in [-0.1, -0.05) is 41.9 Å². The standard InChI is InChI=1S/C18H16BrClO3/c1-2-22-18(21)16(19)11-14-7-3-4-9-17(14)23-12-13-6-5-8-15(20)10-13/h3-11H,2,12H2,1H3/b16-11-. The number of rotatable bonds is 6. The lowest BCUT2D eigenvalue weighted by atomic mass is 10.2. The fourth-order valence-corrected chi connectivity index (χ4v) is 2.49. The molecule has 0 radical (unpaired) electrons. The van der Waals surface area contributed by atoms with E-state index in [1.807, 2.05) is 48.5 Å². The van der Waals surface area contributed by atoms with Crippen LogP contribution in [0.3, 0.4) is 0 Å². The summed E-state index contributed by atoms with van der Waals surface area (Å²) in [5.74, 6) is 0.269. The zero-order chi connectivity index (χ0) is 16.7. The number of carbonyl (C=O) groups excluding carboxylic acids is 1. The Balaban J connectivity index is 2.14. The van der Waals surface area contributed by atoms with E-state index in [1.165, 1.54) is 0 Å². The van der Waals surface area contributed by atoms with Crippen molar-refractivity contribution in [2.24, 2.45) is 0 Å². The zero-order valence-corrected chi connectivity index (χ0v) is 14.9. The Morgan fingerprint density at radius 3 is 2.74 bits per heavy atom. The van der Waals surface area contributed by atoms with Crippen molar-refractivity contribution in [3.8, 4) is 5.75 Å². The van der Waals surface area contributed by atoms with Crippen molar-refractivity contribution < 1.29 is 14.3 Å². The third-order valence-corrected chi connectivity index (χ3v) is 3.74. The topological polar surface area (TPSA) is 35.5 Å². The van der Waals surface area contributed by atoms with Crippen LogP contribution in [-0.4, -0.2) is 12.6 Å². The van der Waals surface area contributed by atoms with E-state index in [2.05, 4.69) is 15.9 Å². The van der Waals surface area contributed by atoms with Crippen molar-refractivity contribution in [3.05, 3.63) is 69.2 Å². The van der Waals surface area contributed by atoms with Crippen LogP contribution in [0.2, 0.25) is 5.02 Å². The predicted octanol–water partition coefficient (Wildman–Crippen LogP) is 5.22. The molecule has 0 unspecified atom stereocenters. The number of carbonyl (C=O) groups is 1. The second-order valence-corrected chi connectivity index (χ2v) is 5.96. The summed E-state index contributed by atoms with van der Waals surface area (Å²) in [4.78, 5) is 11.7. The predicted molar refractivity (Wildman–Crippen MR) is 95.8 cm³/mol. The molecular weight excluding hydrogens is 380 g/mol. The van der Waals surface area contributed by atoms with Gasteiger partial charge in [0.05, 0.1) is 6.61 Å². The molecule has 0 bridgehead atoms. The Bertz CT molecular complexity index is 713. The molecule has 0 aromatic heterocycles. The first-order chi connectivity index (χ1) is 11.1. The minimum Gasteiger partial charge on any atom is -0.488 e. The average molecular weight is 396 g/mol. The maximum atomic E-state index is 11.7. The minimum atomic E-state index is -0.405. The summed E-state index contributed by atoms with van der Waals surface area (Å²) in [6, 6.07) is 15.0. The largest absolute Gasteiger partial charge is 0.488 e. The smallest absolute Gasteiger partial charge is 0.345 e. The summed E-state index contributed by atoms with van der Waals surface area (Å²) in [6.07, 6.45) is 1.69. The highest BCUT2D eigenvalue weighted by Gasteiger charge is 2.09. The van der Waals surface area contributed by atoms with E-state index in [1.54, 1.807) is 13.0 Å². The molecule has 23 heavy (non-hydrogen) atoms. The van der Waals surface area contributed by atoms with E-state index >= 15 is 0 Å². The molecule has 2 rings (SSSR count). The minimum absolute atomic E-state index is 0.328. The van der Waals surface area contributed by atoms with E-state index in [0.717, 1.165) is 11.1 Å². The van der Waals surface area contributed by atoms with Gasteiger partial charge < -0.3 is 9.47 Å². The summed E-state index contributed by atoms with van der Waals surface area (Å²) < 4.78 is 11.1. The summed E-state index contributed by atoms with van der Waals surface area (Å²) in [6.45, 7) is 2.48. The molecule has 5 heteroatoms. The average Bonchev–Trinajstić information content (AvgIpc) is 2.54. The molecular formula is C18H16BrClO3. The van der Waals surface area contributed by atoms with Crippen LogP contribution in [0.5, 0.6) is 5.75 Å². The van der Waals surface area contributed by atoms with Crippen molar-refractivity contribution >= 4 is 39.6 Å². The van der Waals surface area contributed by atoms with Crippen molar-refractivity contribution in [2.45, 2.75) is 13.5 Å². The van der Waals surface area contributed by atoms with E-state index in [-0.39, 0.29) is 0 Å². The molecule has 2 aromatic carbocycles. The zero-order valence-electron chi connectivity index (χ0n) is 12.6. The number of para-hydroxylation sites is 1. The van der Waals surface area contributed by atoms with Crippen molar-refractivity contribution in [1.29, 1.82) is 0 Å². The highest BCUT2D eigenvalue weighted by molar-refractivity contribution is 9.12. The van der Waals surface area contributed by atoms with Crippen LogP contribution in [0.4, 0.5) is 0 Å².